The molecule has 5 nitrogen and oxygen atoms in total. The van der Waals surface area contributed by atoms with Gasteiger partial charge >= 0.3 is 0 Å². The zero-order chi connectivity index (χ0) is 14.8. The largest absolute Gasteiger partial charge is 0.304 e. The molecule has 106 valence electrons. The first-order valence-corrected chi connectivity index (χ1v) is 7.66. The molecule has 1 aromatic carbocycles. The molecule has 21 heavy (non-hydrogen) atoms. The third kappa shape index (κ3) is 2.63. The number of aromatic nitrogens is 4. The van der Waals surface area contributed by atoms with E-state index in [1.54, 1.807) is 10.9 Å². The monoisotopic (exact) mass is 392 g/mol. The van der Waals surface area contributed by atoms with Gasteiger partial charge in [0.1, 0.15) is 9.26 Å². The summed E-state index contributed by atoms with van der Waals surface area (Å²) in [5, 5.41) is 4.22. The third-order valence-electron chi connectivity index (χ3n) is 3.17. The van der Waals surface area contributed by atoms with Crippen LogP contribution in [-0.2, 0) is 6.54 Å². The minimum absolute atomic E-state index is 0.136. The Morgan fingerprint density at radius 3 is 2.71 bits per heavy atom. The Balaban J connectivity index is 2.22. The van der Waals surface area contributed by atoms with Crippen LogP contribution in [0.3, 0.4) is 0 Å². The Morgan fingerprint density at radius 1 is 1.24 bits per heavy atom. The summed E-state index contributed by atoms with van der Waals surface area (Å²) in [5.74, 6) is 0.540. The van der Waals surface area contributed by atoms with E-state index in [-0.39, 0.29) is 5.56 Å². The predicted molar refractivity (Wildman–Crippen MR) is 89.9 cm³/mol. The molecule has 0 aliphatic heterocycles. The van der Waals surface area contributed by atoms with Crippen molar-refractivity contribution in [3.8, 4) is 22.8 Å². The van der Waals surface area contributed by atoms with Gasteiger partial charge in [0.2, 0.25) is 0 Å². The van der Waals surface area contributed by atoms with Gasteiger partial charge in [0.25, 0.3) is 5.56 Å². The molecule has 2 heterocycles. The number of benzene rings is 1. The van der Waals surface area contributed by atoms with Crippen molar-refractivity contribution in [3.05, 3.63) is 56.5 Å². The summed E-state index contributed by atoms with van der Waals surface area (Å²) in [7, 11) is 0. The highest BCUT2D eigenvalue weighted by Crippen LogP contribution is 2.23. The standard InChI is InChI=1S/C15H13IN4O/c1-2-20-11(8-9-17-20)14-18-13(12(16)15(21)19-14)10-6-4-3-5-7-10/h3-9H,2H2,1H3,(H,18,19,21). The molecule has 6 heteroatoms. The van der Waals surface area contributed by atoms with Crippen LogP contribution in [0.4, 0.5) is 0 Å². The van der Waals surface area contributed by atoms with E-state index in [1.807, 2.05) is 65.9 Å². The van der Waals surface area contributed by atoms with Crippen LogP contribution in [0.1, 0.15) is 6.92 Å². The first-order chi connectivity index (χ1) is 10.2. The molecule has 0 bridgehead atoms. The lowest BCUT2D eigenvalue weighted by Gasteiger charge is -2.08. The molecule has 3 rings (SSSR count). The summed E-state index contributed by atoms with van der Waals surface area (Å²) in [4.78, 5) is 19.7. The van der Waals surface area contributed by atoms with Gasteiger partial charge in [0.05, 0.1) is 5.69 Å². The van der Waals surface area contributed by atoms with Gasteiger partial charge in [-0.2, -0.15) is 5.10 Å². The van der Waals surface area contributed by atoms with E-state index in [9.17, 15) is 4.79 Å². The molecule has 0 aliphatic rings. The average Bonchev–Trinajstić information content (AvgIpc) is 2.99. The average molecular weight is 392 g/mol. The number of H-pyrrole nitrogens is 1. The Kier molecular flexibility index (Phi) is 3.87. The van der Waals surface area contributed by atoms with Crippen LogP contribution in [-0.4, -0.2) is 19.7 Å². The van der Waals surface area contributed by atoms with Crippen molar-refractivity contribution in [1.82, 2.24) is 19.7 Å². The lowest BCUT2D eigenvalue weighted by molar-refractivity contribution is 0.663. The van der Waals surface area contributed by atoms with Crippen LogP contribution in [0.25, 0.3) is 22.8 Å². The summed E-state index contributed by atoms with van der Waals surface area (Å²) in [5.41, 5.74) is 2.29. The molecule has 0 amide bonds. The molecule has 0 atom stereocenters. The summed E-state index contributed by atoms with van der Waals surface area (Å²) in [6, 6.07) is 11.6. The summed E-state index contributed by atoms with van der Waals surface area (Å²) >= 11 is 2.03. The van der Waals surface area contributed by atoms with Crippen molar-refractivity contribution < 1.29 is 0 Å². The molecular formula is C15H13IN4O. The van der Waals surface area contributed by atoms with E-state index in [2.05, 4.69) is 15.1 Å². The molecule has 0 spiro atoms. The second kappa shape index (κ2) is 5.80. The Morgan fingerprint density at radius 2 is 2.00 bits per heavy atom. The van der Waals surface area contributed by atoms with Crippen LogP contribution >= 0.6 is 22.6 Å². The van der Waals surface area contributed by atoms with Gasteiger partial charge < -0.3 is 4.98 Å². The van der Waals surface area contributed by atoms with Gasteiger partial charge in [-0.3, -0.25) is 9.48 Å². The predicted octanol–water partition coefficient (Wildman–Crippen LogP) is 2.92. The molecular weight excluding hydrogens is 379 g/mol. The second-order valence-corrected chi connectivity index (χ2v) is 5.55. The number of rotatable bonds is 3. The number of nitrogens with zero attached hydrogens (tertiary/aromatic N) is 3. The Labute approximate surface area is 135 Å². The number of halogens is 1. The smallest absolute Gasteiger partial charge is 0.265 e. The molecule has 0 saturated heterocycles. The zero-order valence-electron chi connectivity index (χ0n) is 11.4. The fourth-order valence-corrected chi connectivity index (χ4v) is 2.72. The maximum absolute atomic E-state index is 12.2. The van der Waals surface area contributed by atoms with Gasteiger partial charge in [-0.25, -0.2) is 4.98 Å². The maximum atomic E-state index is 12.2. The second-order valence-electron chi connectivity index (χ2n) is 4.48. The lowest BCUT2D eigenvalue weighted by atomic mass is 10.1. The SMILES string of the molecule is CCn1nccc1-c1nc(-c2ccccc2)c(I)c(=O)[nH]1. The van der Waals surface area contributed by atoms with Crippen molar-refractivity contribution in [3.63, 3.8) is 0 Å². The quantitative estimate of drug-likeness (QED) is 0.698. The molecule has 0 aliphatic carbocycles. The van der Waals surface area contributed by atoms with Gasteiger partial charge in [-0.15, -0.1) is 0 Å². The lowest BCUT2D eigenvalue weighted by Crippen LogP contribution is -2.15. The van der Waals surface area contributed by atoms with Crippen molar-refractivity contribution >= 4 is 22.6 Å². The van der Waals surface area contributed by atoms with Crippen molar-refractivity contribution in [2.24, 2.45) is 0 Å². The van der Waals surface area contributed by atoms with Gasteiger partial charge in [0.15, 0.2) is 5.82 Å². The number of aromatic amines is 1. The van der Waals surface area contributed by atoms with Crippen LogP contribution < -0.4 is 5.56 Å². The first kappa shape index (κ1) is 14.0. The topological polar surface area (TPSA) is 63.6 Å². The third-order valence-corrected chi connectivity index (χ3v) is 4.17. The van der Waals surface area contributed by atoms with Crippen molar-refractivity contribution in [2.45, 2.75) is 13.5 Å². The molecule has 0 fully saturated rings. The highest BCUT2D eigenvalue weighted by atomic mass is 127. The highest BCUT2D eigenvalue weighted by molar-refractivity contribution is 14.1. The molecule has 0 saturated carbocycles. The normalized spacial score (nSPS) is 10.8. The van der Waals surface area contributed by atoms with E-state index in [0.717, 1.165) is 17.8 Å². The zero-order valence-corrected chi connectivity index (χ0v) is 13.5. The van der Waals surface area contributed by atoms with E-state index in [0.29, 0.717) is 15.1 Å². The number of hydrogen-bond acceptors (Lipinski definition) is 3. The van der Waals surface area contributed by atoms with E-state index < -0.39 is 0 Å². The molecule has 2 aromatic heterocycles. The molecule has 3 aromatic rings. The molecule has 0 unspecified atom stereocenters. The highest BCUT2D eigenvalue weighted by Gasteiger charge is 2.14. The number of hydrogen-bond donors (Lipinski definition) is 1. The summed E-state index contributed by atoms with van der Waals surface area (Å²) in [6.07, 6.45) is 1.71. The number of aryl methyl sites for hydroxylation is 1. The fourth-order valence-electron chi connectivity index (χ4n) is 2.15. The van der Waals surface area contributed by atoms with Crippen LogP contribution in [0.5, 0.6) is 0 Å². The van der Waals surface area contributed by atoms with Gasteiger partial charge in [-0.05, 0) is 35.6 Å². The number of nitrogens with one attached hydrogen (secondary N) is 1. The van der Waals surface area contributed by atoms with Crippen LogP contribution in [0.15, 0.2) is 47.4 Å². The van der Waals surface area contributed by atoms with Gasteiger partial charge in [-0.1, -0.05) is 30.3 Å². The first-order valence-electron chi connectivity index (χ1n) is 6.58. The van der Waals surface area contributed by atoms with Crippen molar-refractivity contribution in [1.29, 1.82) is 0 Å². The summed E-state index contributed by atoms with van der Waals surface area (Å²) in [6.45, 7) is 2.72. The molecule has 1 N–H and O–H groups in total. The summed E-state index contributed by atoms with van der Waals surface area (Å²) < 4.78 is 2.39. The molecule has 0 radical (unpaired) electrons. The van der Waals surface area contributed by atoms with E-state index in [4.69, 9.17) is 0 Å². The Bertz CT molecular complexity index is 823. The van der Waals surface area contributed by atoms with Crippen molar-refractivity contribution in [2.75, 3.05) is 0 Å². The van der Waals surface area contributed by atoms with Crippen LogP contribution in [0, 0.1) is 3.57 Å². The van der Waals surface area contributed by atoms with Crippen LogP contribution in [0.2, 0.25) is 0 Å². The van der Waals surface area contributed by atoms with Gasteiger partial charge in [0, 0.05) is 18.3 Å². The minimum atomic E-state index is -0.136. The fraction of sp³-hybridized carbons (Fsp3) is 0.133. The van der Waals surface area contributed by atoms with E-state index in [1.165, 1.54) is 0 Å². The Hall–Kier alpha value is -1.96. The minimum Gasteiger partial charge on any atom is -0.304 e. The van der Waals surface area contributed by atoms with E-state index >= 15 is 0 Å². The maximum Gasteiger partial charge on any atom is 0.265 e.